The van der Waals surface area contributed by atoms with E-state index in [1.807, 2.05) is 0 Å². The SMILES string of the molecule is N#CC(C#N)=c1sc2c(-c3ccc(C(F)(F)F)cc3)c3c(F)c(=C(C#N)C#N)sc3c(-c3ccc(C(F)(F)F)cc3)c2c1F. The minimum atomic E-state index is -4.73. The molecule has 0 atom stereocenters. The molecule has 0 bridgehead atoms. The third-order valence-corrected chi connectivity index (χ3v) is 8.96. The number of alkyl halides is 6. The Hall–Kier alpha value is -5.28. The van der Waals surface area contributed by atoms with E-state index in [1.165, 1.54) is 0 Å². The van der Waals surface area contributed by atoms with Gasteiger partial charge < -0.3 is 0 Å². The van der Waals surface area contributed by atoms with Gasteiger partial charge in [-0.25, -0.2) is 8.78 Å². The van der Waals surface area contributed by atoms with Gasteiger partial charge in [0.25, 0.3) is 0 Å². The van der Waals surface area contributed by atoms with Gasteiger partial charge in [0.1, 0.15) is 35.4 Å². The van der Waals surface area contributed by atoms with Crippen LogP contribution < -0.4 is 9.06 Å². The summed E-state index contributed by atoms with van der Waals surface area (Å²) in [7, 11) is 0. The van der Waals surface area contributed by atoms with Crippen LogP contribution in [-0.2, 0) is 12.4 Å². The molecule has 0 aliphatic carbocycles. The lowest BCUT2D eigenvalue weighted by atomic mass is 9.92. The molecule has 216 valence electrons. The van der Waals surface area contributed by atoms with Gasteiger partial charge in [0.2, 0.25) is 0 Å². The fraction of sp³-hybridized carbons (Fsp3) is 0.0667. The van der Waals surface area contributed by atoms with Crippen molar-refractivity contribution in [3.8, 4) is 46.5 Å². The van der Waals surface area contributed by atoms with E-state index in [9.17, 15) is 47.4 Å². The molecule has 0 fully saturated rings. The molecule has 0 saturated heterocycles. The first-order valence-electron chi connectivity index (χ1n) is 11.9. The van der Waals surface area contributed by atoms with E-state index < -0.39 is 55.3 Å². The van der Waals surface area contributed by atoms with Gasteiger partial charge in [0, 0.05) is 31.3 Å². The van der Waals surface area contributed by atoms with Crippen LogP contribution in [0.5, 0.6) is 0 Å². The van der Waals surface area contributed by atoms with Gasteiger partial charge in [0.05, 0.1) is 20.2 Å². The zero-order valence-corrected chi connectivity index (χ0v) is 22.9. The lowest BCUT2D eigenvalue weighted by Gasteiger charge is -2.14. The number of hydrogen-bond donors (Lipinski definition) is 0. The zero-order chi connectivity index (χ0) is 32.1. The van der Waals surface area contributed by atoms with Crippen LogP contribution in [0.15, 0.2) is 48.5 Å². The van der Waals surface area contributed by atoms with Crippen molar-refractivity contribution in [2.75, 3.05) is 0 Å². The number of hydrogen-bond acceptors (Lipinski definition) is 6. The molecule has 0 unspecified atom stereocenters. The summed E-state index contributed by atoms with van der Waals surface area (Å²) in [6, 6.07) is 13.0. The minimum absolute atomic E-state index is 0.0473. The molecule has 5 rings (SSSR count). The lowest BCUT2D eigenvalue weighted by molar-refractivity contribution is -0.138. The van der Waals surface area contributed by atoms with Crippen molar-refractivity contribution in [3.05, 3.63) is 80.4 Å². The molecule has 0 radical (unpaired) electrons. The molecule has 0 aliphatic heterocycles. The van der Waals surface area contributed by atoms with E-state index in [1.54, 1.807) is 24.3 Å². The number of rotatable bonds is 2. The van der Waals surface area contributed by atoms with Gasteiger partial charge in [0.15, 0.2) is 11.6 Å². The highest BCUT2D eigenvalue weighted by molar-refractivity contribution is 7.20. The topological polar surface area (TPSA) is 95.2 Å². The normalized spacial score (nSPS) is 11.5. The first-order valence-corrected chi connectivity index (χ1v) is 13.5. The van der Waals surface area contributed by atoms with Crippen LogP contribution in [0.4, 0.5) is 35.1 Å². The number of halogens is 8. The second-order valence-corrected chi connectivity index (χ2v) is 11.0. The predicted octanol–water partition coefficient (Wildman–Crippen LogP) is 8.16. The van der Waals surface area contributed by atoms with Crippen molar-refractivity contribution in [2.24, 2.45) is 0 Å². The summed E-state index contributed by atoms with van der Waals surface area (Å²) >= 11 is 1.05. The van der Waals surface area contributed by atoms with Crippen molar-refractivity contribution < 1.29 is 35.1 Å². The van der Waals surface area contributed by atoms with Crippen LogP contribution in [0.1, 0.15) is 11.1 Å². The summed E-state index contributed by atoms with van der Waals surface area (Å²) in [6.45, 7) is 0. The molecule has 0 saturated carbocycles. The molecular formula is C30H8F8N4S2. The first-order chi connectivity index (χ1) is 20.8. The zero-order valence-electron chi connectivity index (χ0n) is 21.2. The molecule has 0 amide bonds. The summed E-state index contributed by atoms with van der Waals surface area (Å²) in [5.74, 6) is -2.29. The molecule has 44 heavy (non-hydrogen) atoms. The number of nitrogens with zero attached hydrogens (tertiary/aromatic N) is 4. The Morgan fingerprint density at radius 3 is 1.07 bits per heavy atom. The number of thiophene rings is 2. The third-order valence-electron chi connectivity index (χ3n) is 6.56. The van der Waals surface area contributed by atoms with E-state index in [-0.39, 0.29) is 42.4 Å². The van der Waals surface area contributed by atoms with E-state index in [0.29, 0.717) is 46.9 Å². The summed E-state index contributed by atoms with van der Waals surface area (Å²) in [5.41, 5.74) is -3.87. The van der Waals surface area contributed by atoms with Crippen LogP contribution in [0.25, 0.3) is 53.6 Å². The summed E-state index contributed by atoms with van der Waals surface area (Å²) in [6.07, 6.45) is -9.46. The van der Waals surface area contributed by atoms with Crippen molar-refractivity contribution in [1.82, 2.24) is 0 Å². The standard InChI is InChI=1S/C30H8F8N4S2/c31-23-21-19(13-1-5-17(6-2-13)29(33,34)35)27-22(24(32)26(43-27)16(11-41)12-42)20(28(21)44-25(23)15(9-39)10-40)14-3-7-18(8-4-14)30(36,37)38/h1-8H. The average molecular weight is 641 g/mol. The molecular weight excluding hydrogens is 632 g/mol. The van der Waals surface area contributed by atoms with Crippen LogP contribution in [0.3, 0.4) is 0 Å². The highest BCUT2D eigenvalue weighted by atomic mass is 32.1. The van der Waals surface area contributed by atoms with E-state index >= 15 is 8.78 Å². The molecule has 14 heteroatoms. The van der Waals surface area contributed by atoms with E-state index in [2.05, 4.69) is 0 Å². The Kier molecular flexibility index (Phi) is 7.39. The van der Waals surface area contributed by atoms with Crippen molar-refractivity contribution in [2.45, 2.75) is 12.4 Å². The van der Waals surface area contributed by atoms with Gasteiger partial charge in [-0.1, -0.05) is 24.3 Å². The first kappa shape index (κ1) is 30.2. The fourth-order valence-electron chi connectivity index (χ4n) is 4.63. The highest BCUT2D eigenvalue weighted by Crippen LogP contribution is 2.48. The summed E-state index contributed by atoms with van der Waals surface area (Å²) in [4.78, 5) is 0. The molecule has 0 N–H and O–H groups in total. The number of fused-ring (bicyclic) bond motifs is 2. The van der Waals surface area contributed by atoms with Crippen molar-refractivity contribution in [3.63, 3.8) is 0 Å². The Labute approximate surface area is 249 Å². The van der Waals surface area contributed by atoms with Gasteiger partial charge >= 0.3 is 12.4 Å². The minimum Gasteiger partial charge on any atom is -0.205 e. The van der Waals surface area contributed by atoms with Crippen molar-refractivity contribution in [1.29, 1.82) is 21.0 Å². The third kappa shape index (κ3) is 4.81. The Morgan fingerprint density at radius 2 is 0.818 bits per heavy atom. The molecule has 5 aromatic rings. The summed E-state index contributed by atoms with van der Waals surface area (Å²) in [5, 5.41) is 37.1. The fourth-order valence-corrected chi connectivity index (χ4v) is 7.03. The van der Waals surface area contributed by atoms with Crippen LogP contribution in [0, 0.1) is 57.0 Å². The van der Waals surface area contributed by atoms with Crippen LogP contribution >= 0.6 is 22.7 Å². The van der Waals surface area contributed by atoms with Crippen molar-refractivity contribution >= 4 is 54.0 Å². The second kappa shape index (κ2) is 10.8. The summed E-state index contributed by atoms with van der Waals surface area (Å²) < 4.78 is 111. The molecule has 0 spiro atoms. The molecule has 2 aromatic heterocycles. The maximum atomic E-state index is 16.3. The highest BCUT2D eigenvalue weighted by Gasteiger charge is 2.33. The van der Waals surface area contributed by atoms with E-state index in [4.69, 9.17) is 0 Å². The van der Waals surface area contributed by atoms with Gasteiger partial charge in [-0.2, -0.15) is 47.4 Å². The predicted molar refractivity (Wildman–Crippen MR) is 147 cm³/mol. The second-order valence-electron chi connectivity index (χ2n) is 9.00. The van der Waals surface area contributed by atoms with Gasteiger partial charge in [-0.3, -0.25) is 0 Å². The molecule has 3 aromatic carbocycles. The van der Waals surface area contributed by atoms with Gasteiger partial charge in [-0.05, 0) is 35.4 Å². The Morgan fingerprint density at radius 1 is 0.523 bits per heavy atom. The van der Waals surface area contributed by atoms with Crippen LogP contribution in [-0.4, -0.2) is 0 Å². The Balaban J connectivity index is 2.09. The largest absolute Gasteiger partial charge is 0.416 e. The van der Waals surface area contributed by atoms with Gasteiger partial charge in [-0.15, -0.1) is 22.7 Å². The maximum absolute atomic E-state index is 16.3. The average Bonchev–Trinajstić information content (AvgIpc) is 3.49. The smallest absolute Gasteiger partial charge is 0.205 e. The number of benzene rings is 3. The number of nitriles is 4. The molecule has 2 heterocycles. The van der Waals surface area contributed by atoms with E-state index in [0.717, 1.165) is 24.3 Å². The molecule has 0 aliphatic rings. The lowest BCUT2D eigenvalue weighted by Crippen LogP contribution is -2.04. The quantitative estimate of drug-likeness (QED) is 0.182. The maximum Gasteiger partial charge on any atom is 0.416 e. The van der Waals surface area contributed by atoms with Crippen LogP contribution in [0.2, 0.25) is 0 Å². The molecule has 4 nitrogen and oxygen atoms in total. The monoisotopic (exact) mass is 640 g/mol. The Bertz CT molecular complexity index is 2100.